The first-order chi connectivity index (χ1) is 24.6. The van der Waals surface area contributed by atoms with Crippen molar-refractivity contribution >= 4 is 30.5 Å². The molecule has 2 heterocycles. The van der Waals surface area contributed by atoms with Crippen LogP contribution in [0.5, 0.6) is 11.5 Å². The van der Waals surface area contributed by atoms with E-state index in [4.69, 9.17) is 19.9 Å². The van der Waals surface area contributed by atoms with E-state index < -0.39 is 8.07 Å². The molecule has 11 heteroatoms. The summed E-state index contributed by atoms with van der Waals surface area (Å²) in [5.74, 6) is 1.09. The van der Waals surface area contributed by atoms with E-state index >= 15 is 0 Å². The predicted octanol–water partition coefficient (Wildman–Crippen LogP) is 6.41. The van der Waals surface area contributed by atoms with Gasteiger partial charge >= 0.3 is 0 Å². The number of aryl methyl sites for hydroxylation is 1. The first-order valence-corrected chi connectivity index (χ1v) is 20.4. The third kappa shape index (κ3) is 7.70. The van der Waals surface area contributed by atoms with Crippen LogP contribution in [0.1, 0.15) is 52.5 Å². The molecule has 10 nitrogen and oxygen atoms in total. The van der Waals surface area contributed by atoms with Gasteiger partial charge in [0.25, 0.3) is 5.91 Å². The zero-order valence-electron chi connectivity index (χ0n) is 29.8. The fourth-order valence-corrected chi connectivity index (χ4v) is 10.9. The van der Waals surface area contributed by atoms with E-state index in [-0.39, 0.29) is 42.1 Å². The highest BCUT2D eigenvalue weighted by molar-refractivity contribution is 6.91. The Morgan fingerprint density at radius 1 is 1.02 bits per heavy atom. The molecule has 266 valence electrons. The van der Waals surface area contributed by atoms with Crippen molar-refractivity contribution in [3.05, 3.63) is 126 Å². The number of nitrogen functional groups attached to an aromatic ring is 1. The number of amides is 1. The van der Waals surface area contributed by atoms with Crippen LogP contribution in [0.15, 0.2) is 103 Å². The fraction of sp³-hybridized carbons (Fsp3) is 0.325. The Morgan fingerprint density at radius 3 is 2.41 bits per heavy atom. The number of anilines is 2. The van der Waals surface area contributed by atoms with Gasteiger partial charge in [-0.2, -0.15) is 0 Å². The lowest BCUT2D eigenvalue weighted by Crippen LogP contribution is -2.54. The average molecular weight is 706 g/mol. The number of hydrogen-bond donors (Lipinski definition) is 3. The number of methoxy groups -OCH3 is 2. The van der Waals surface area contributed by atoms with Gasteiger partial charge in [0.05, 0.1) is 39.5 Å². The van der Waals surface area contributed by atoms with E-state index in [0.717, 1.165) is 34.7 Å². The van der Waals surface area contributed by atoms with Gasteiger partial charge in [-0.3, -0.25) is 9.48 Å². The Bertz CT molecular complexity index is 1920. The Morgan fingerprint density at radius 2 is 1.75 bits per heavy atom. The van der Waals surface area contributed by atoms with Gasteiger partial charge in [0, 0.05) is 48.3 Å². The lowest BCUT2D eigenvalue weighted by molar-refractivity contribution is -0.0233. The molecular formula is C40H47N5O5Si. The van der Waals surface area contributed by atoms with Crippen molar-refractivity contribution in [3.63, 3.8) is 0 Å². The minimum Gasteiger partial charge on any atom is -0.497 e. The zero-order valence-corrected chi connectivity index (χ0v) is 30.8. The summed E-state index contributed by atoms with van der Waals surface area (Å²) in [6, 6.07) is 30.9. The van der Waals surface area contributed by atoms with Gasteiger partial charge in [0.2, 0.25) is 0 Å². The van der Waals surface area contributed by atoms with Crippen molar-refractivity contribution in [2.24, 2.45) is 5.92 Å². The number of nitrogens with zero attached hydrogens (tertiary/aromatic N) is 3. The third-order valence-electron chi connectivity index (χ3n) is 10.4. The molecule has 2 unspecified atom stereocenters. The summed E-state index contributed by atoms with van der Waals surface area (Å²) in [7, 11) is 1.17. The smallest absolute Gasteiger partial charge is 0.255 e. The standard InChI is InChI=1S/C40H47N5O5Si/c1-26-38(49-3)33-23-30(42-40(47)28-11-13-29(41)14-12-28)15-20-36(33)50-39(26)37(51(4,5)32-18-16-31(48-2)17-19-32)21-22-45-24-35(43-44-45)34(25-46)27-9-7-6-8-10-27/h6-20,23-24,26,34,37-39,46H,21-22,25,41H2,1-5H3,(H,42,47)/t26-,34?,37?,38-,39-/m0/s1. The SMILES string of the molecule is COc1ccc([Si](C)(C)C(CCn2cc(C(CO)c3ccccc3)nn2)[C@H]2Oc3ccc(NC(=O)c4ccc(N)cc4)cc3[C@@H](OC)[C@@H]2C)cc1. The van der Waals surface area contributed by atoms with Gasteiger partial charge in [0.15, 0.2) is 0 Å². The van der Waals surface area contributed by atoms with Gasteiger partial charge < -0.3 is 30.4 Å². The van der Waals surface area contributed by atoms with Crippen LogP contribution in [0.4, 0.5) is 11.4 Å². The van der Waals surface area contributed by atoms with Crippen molar-refractivity contribution < 1.29 is 24.1 Å². The van der Waals surface area contributed by atoms with Crippen LogP contribution < -0.4 is 25.7 Å². The molecule has 0 aliphatic carbocycles. The minimum atomic E-state index is -2.24. The number of carbonyl (C=O) groups excluding carboxylic acids is 1. The number of aromatic nitrogens is 3. The van der Waals surface area contributed by atoms with Gasteiger partial charge in [0.1, 0.15) is 17.6 Å². The molecule has 1 aromatic heterocycles. The Labute approximate surface area is 300 Å². The normalized spacial score (nSPS) is 18.3. The summed E-state index contributed by atoms with van der Waals surface area (Å²) < 4.78 is 20.6. The molecule has 0 fully saturated rings. The van der Waals surface area contributed by atoms with Gasteiger partial charge in [-0.15, -0.1) is 5.10 Å². The highest BCUT2D eigenvalue weighted by Crippen LogP contribution is 2.48. The van der Waals surface area contributed by atoms with Crippen molar-refractivity contribution in [1.29, 1.82) is 0 Å². The quantitative estimate of drug-likeness (QED) is 0.0947. The summed E-state index contributed by atoms with van der Waals surface area (Å²) in [6.07, 6.45) is 2.31. The lowest BCUT2D eigenvalue weighted by atomic mass is 9.86. The highest BCUT2D eigenvalue weighted by Gasteiger charge is 2.47. The van der Waals surface area contributed by atoms with Gasteiger partial charge in [-0.1, -0.05) is 72.9 Å². The summed E-state index contributed by atoms with van der Waals surface area (Å²) in [6.45, 7) is 7.55. The number of nitrogens with one attached hydrogen (secondary N) is 1. The minimum absolute atomic E-state index is 0.0104. The van der Waals surface area contributed by atoms with E-state index in [2.05, 4.69) is 47.8 Å². The average Bonchev–Trinajstić information content (AvgIpc) is 3.61. The van der Waals surface area contributed by atoms with Crippen LogP contribution in [0, 0.1) is 5.92 Å². The second-order valence-corrected chi connectivity index (χ2v) is 18.6. The molecule has 4 N–H and O–H groups in total. The van der Waals surface area contributed by atoms with E-state index in [9.17, 15) is 9.90 Å². The number of fused-ring (bicyclic) bond motifs is 1. The molecule has 1 aliphatic heterocycles. The molecule has 51 heavy (non-hydrogen) atoms. The maximum atomic E-state index is 13.0. The van der Waals surface area contributed by atoms with E-state index in [1.165, 1.54) is 5.19 Å². The van der Waals surface area contributed by atoms with E-state index in [1.54, 1.807) is 38.5 Å². The molecule has 5 aromatic rings. The van der Waals surface area contributed by atoms with E-state index in [0.29, 0.717) is 23.5 Å². The summed E-state index contributed by atoms with van der Waals surface area (Å²) in [4.78, 5) is 13.0. The Hall–Kier alpha value is -4.97. The number of aliphatic hydroxyl groups is 1. The number of aliphatic hydroxyl groups excluding tert-OH is 1. The molecule has 0 saturated heterocycles. The van der Waals surface area contributed by atoms with Crippen molar-refractivity contribution in [3.8, 4) is 11.5 Å². The monoisotopic (exact) mass is 705 g/mol. The predicted molar refractivity (Wildman–Crippen MR) is 202 cm³/mol. The zero-order chi connectivity index (χ0) is 36.1. The summed E-state index contributed by atoms with van der Waals surface area (Å²) in [5, 5.41) is 23.5. The van der Waals surface area contributed by atoms with Crippen LogP contribution in [-0.4, -0.2) is 61.0 Å². The Kier molecular flexibility index (Phi) is 10.9. The fourth-order valence-electron chi connectivity index (χ4n) is 7.37. The van der Waals surface area contributed by atoms with Crippen LogP contribution >= 0.6 is 0 Å². The summed E-state index contributed by atoms with van der Waals surface area (Å²) in [5.41, 5.74) is 10.4. The second kappa shape index (κ2) is 15.5. The van der Waals surface area contributed by atoms with Crippen molar-refractivity contribution in [2.75, 3.05) is 31.9 Å². The number of ether oxygens (including phenoxy) is 3. The molecule has 1 aliphatic rings. The van der Waals surface area contributed by atoms with Crippen LogP contribution in [0.2, 0.25) is 18.6 Å². The topological polar surface area (TPSA) is 134 Å². The molecule has 4 aromatic carbocycles. The first-order valence-electron chi connectivity index (χ1n) is 17.3. The third-order valence-corrected chi connectivity index (χ3v) is 14.7. The van der Waals surface area contributed by atoms with E-state index in [1.807, 2.05) is 71.5 Å². The number of rotatable bonds is 13. The van der Waals surface area contributed by atoms with Gasteiger partial charge in [-0.25, -0.2) is 0 Å². The number of hydrogen-bond acceptors (Lipinski definition) is 8. The van der Waals surface area contributed by atoms with Crippen LogP contribution in [0.25, 0.3) is 0 Å². The molecule has 5 atom stereocenters. The lowest BCUT2D eigenvalue weighted by Gasteiger charge is -2.46. The van der Waals surface area contributed by atoms with Crippen molar-refractivity contribution in [2.45, 2.75) is 56.7 Å². The largest absolute Gasteiger partial charge is 0.497 e. The highest BCUT2D eigenvalue weighted by atomic mass is 28.3. The molecule has 0 bridgehead atoms. The van der Waals surface area contributed by atoms with Crippen LogP contribution in [0.3, 0.4) is 0 Å². The number of nitrogens with two attached hydrogens (primary N) is 1. The van der Waals surface area contributed by atoms with Crippen molar-refractivity contribution in [1.82, 2.24) is 15.0 Å². The number of benzene rings is 4. The second-order valence-electron chi connectivity index (χ2n) is 13.8. The molecule has 0 saturated carbocycles. The molecule has 6 rings (SSSR count). The maximum Gasteiger partial charge on any atom is 0.255 e. The van der Waals surface area contributed by atoms with Gasteiger partial charge in [-0.05, 0) is 72.1 Å². The Balaban J connectivity index is 1.29. The maximum absolute atomic E-state index is 13.0. The van der Waals surface area contributed by atoms with Crippen LogP contribution in [-0.2, 0) is 11.3 Å². The number of carbonyl (C=O) groups is 1. The molecule has 0 radical (unpaired) electrons. The molecule has 1 amide bonds. The molecule has 0 spiro atoms. The summed E-state index contributed by atoms with van der Waals surface area (Å²) >= 11 is 0. The molecular weight excluding hydrogens is 659 g/mol. The first kappa shape index (κ1) is 35.8.